The first kappa shape index (κ1) is 32.7. The van der Waals surface area contributed by atoms with Crippen LogP contribution < -0.4 is 16.0 Å². The highest BCUT2D eigenvalue weighted by Gasteiger charge is 2.31. The minimum atomic E-state index is -0.587. The highest BCUT2D eigenvalue weighted by molar-refractivity contribution is 5.96. The van der Waals surface area contributed by atoms with Crippen molar-refractivity contribution in [3.63, 3.8) is 0 Å². The van der Waals surface area contributed by atoms with E-state index in [9.17, 15) is 14.4 Å². The zero-order chi connectivity index (χ0) is 30.6. The fourth-order valence-electron chi connectivity index (χ4n) is 6.18. The van der Waals surface area contributed by atoms with E-state index in [0.717, 1.165) is 76.0 Å². The largest absolute Gasteiger partial charge is 0.350 e. The molecule has 2 heterocycles. The molecule has 236 valence electrons. The van der Waals surface area contributed by atoms with Crippen LogP contribution in [0.25, 0.3) is 0 Å². The van der Waals surface area contributed by atoms with Crippen LogP contribution in [-0.2, 0) is 29.1 Å². The predicted octanol–water partition coefficient (Wildman–Crippen LogP) is 2.97. The Bertz CT molecular complexity index is 1170. The molecule has 2 aliphatic rings. The van der Waals surface area contributed by atoms with E-state index in [2.05, 4.69) is 52.1 Å². The van der Waals surface area contributed by atoms with Crippen LogP contribution in [0.3, 0.4) is 0 Å². The van der Waals surface area contributed by atoms with E-state index in [4.69, 9.17) is 0 Å². The van der Waals surface area contributed by atoms with E-state index in [0.29, 0.717) is 25.2 Å². The number of amides is 3. The maximum atomic E-state index is 13.5. The summed E-state index contributed by atoms with van der Waals surface area (Å²) in [5, 5.41) is 13.8. The third kappa shape index (κ3) is 9.37. The number of hydrogen-bond acceptors (Lipinski definition) is 6. The maximum absolute atomic E-state index is 13.5. The van der Waals surface area contributed by atoms with Gasteiger partial charge >= 0.3 is 0 Å². The number of carbonyl (C=O) groups excluding carboxylic acids is 3. The van der Waals surface area contributed by atoms with Gasteiger partial charge in [-0.25, -0.2) is 0 Å². The molecule has 1 saturated heterocycles. The summed E-state index contributed by atoms with van der Waals surface area (Å²) < 4.78 is 1.65. The summed E-state index contributed by atoms with van der Waals surface area (Å²) in [5.41, 5.74) is 2.54. The molecule has 4 rings (SSSR count). The zero-order valence-electron chi connectivity index (χ0n) is 26.3. The van der Waals surface area contributed by atoms with Crippen LogP contribution >= 0.6 is 0 Å². The highest BCUT2D eigenvalue weighted by atomic mass is 16.2. The molecule has 0 spiro atoms. The summed E-state index contributed by atoms with van der Waals surface area (Å²) in [6, 6.07) is 9.00. The molecule has 2 aromatic rings. The first-order valence-corrected chi connectivity index (χ1v) is 16.3. The van der Waals surface area contributed by atoms with Crippen molar-refractivity contribution in [2.75, 3.05) is 39.8 Å². The van der Waals surface area contributed by atoms with Crippen molar-refractivity contribution in [3.8, 4) is 0 Å². The van der Waals surface area contributed by atoms with E-state index in [1.54, 1.807) is 16.9 Å². The molecular formula is C33H51N7O3. The first-order chi connectivity index (χ1) is 20.9. The van der Waals surface area contributed by atoms with Gasteiger partial charge < -0.3 is 25.8 Å². The standard InChI is InChI=1S/C33H51N7O3/c1-4-17-34-28(33(43)39-21-19-38(3)20-22-39)23-25-12-14-26(15-13-25)24-35-32(42)30(27-10-8-6-7-9-11-27)37-31(41)29-16-18-36-40(29)5-2/h12-16,18,27-28,30,34H,4-11,17,19-24H2,1-3H3,(H,35,42)(H,37,41)/t28-,30+/m1/s1. The Labute approximate surface area is 256 Å². The van der Waals surface area contributed by atoms with Gasteiger partial charge in [0.05, 0.1) is 6.04 Å². The molecule has 1 aromatic heterocycles. The molecule has 43 heavy (non-hydrogen) atoms. The Morgan fingerprint density at radius 3 is 2.26 bits per heavy atom. The normalized spacial score (nSPS) is 18.1. The molecule has 3 N–H and O–H groups in total. The second kappa shape index (κ2) is 16.6. The first-order valence-electron chi connectivity index (χ1n) is 16.3. The van der Waals surface area contributed by atoms with Crippen LogP contribution in [0.5, 0.6) is 0 Å². The van der Waals surface area contributed by atoms with Gasteiger partial charge in [0.25, 0.3) is 5.91 Å². The third-order valence-corrected chi connectivity index (χ3v) is 8.87. The SMILES string of the molecule is CCCN[C@H](Cc1ccc(CNC(=O)[C@@H](NC(=O)c2ccnn2CC)C2CCCCCC2)cc1)C(=O)N1CCN(C)CC1. The van der Waals surface area contributed by atoms with E-state index in [1.165, 1.54) is 12.8 Å². The van der Waals surface area contributed by atoms with E-state index in [1.807, 2.05) is 24.0 Å². The Kier molecular flexibility index (Phi) is 12.6. The number of carbonyl (C=O) groups is 3. The van der Waals surface area contributed by atoms with E-state index >= 15 is 0 Å². The molecule has 10 nitrogen and oxygen atoms in total. The molecule has 1 aliphatic carbocycles. The molecule has 1 saturated carbocycles. The second-order valence-corrected chi connectivity index (χ2v) is 12.1. The number of aromatic nitrogens is 2. The summed E-state index contributed by atoms with van der Waals surface area (Å²) in [4.78, 5) is 44.3. The Balaban J connectivity index is 1.37. The summed E-state index contributed by atoms with van der Waals surface area (Å²) >= 11 is 0. The highest BCUT2D eigenvalue weighted by Crippen LogP contribution is 2.26. The topological polar surface area (TPSA) is 112 Å². The van der Waals surface area contributed by atoms with Crippen molar-refractivity contribution in [3.05, 3.63) is 53.3 Å². The van der Waals surface area contributed by atoms with Crippen LogP contribution in [0.1, 0.15) is 80.4 Å². The fraction of sp³-hybridized carbons (Fsp3) is 0.636. The van der Waals surface area contributed by atoms with E-state index in [-0.39, 0.29) is 29.7 Å². The number of hydrogen-bond donors (Lipinski definition) is 3. The smallest absolute Gasteiger partial charge is 0.270 e. The number of nitrogens with one attached hydrogen (secondary N) is 3. The number of benzene rings is 1. The molecule has 10 heteroatoms. The Morgan fingerprint density at radius 2 is 1.60 bits per heavy atom. The van der Waals surface area contributed by atoms with Gasteiger partial charge in [-0.2, -0.15) is 5.10 Å². The molecular weight excluding hydrogens is 542 g/mol. The number of aryl methyl sites for hydroxylation is 1. The van der Waals surface area contributed by atoms with Crippen LogP contribution in [0, 0.1) is 5.92 Å². The van der Waals surface area contributed by atoms with Gasteiger partial charge in [-0.1, -0.05) is 56.9 Å². The molecule has 2 fully saturated rings. The lowest BCUT2D eigenvalue weighted by Gasteiger charge is -2.35. The Morgan fingerprint density at radius 1 is 0.930 bits per heavy atom. The van der Waals surface area contributed by atoms with Crippen molar-refractivity contribution in [1.29, 1.82) is 0 Å². The molecule has 2 atom stereocenters. The monoisotopic (exact) mass is 593 g/mol. The molecule has 0 unspecified atom stereocenters. The predicted molar refractivity (Wildman–Crippen MR) is 168 cm³/mol. The zero-order valence-corrected chi connectivity index (χ0v) is 26.3. The quantitative estimate of drug-likeness (QED) is 0.308. The van der Waals surface area contributed by atoms with E-state index < -0.39 is 6.04 Å². The second-order valence-electron chi connectivity index (χ2n) is 12.1. The average molecular weight is 594 g/mol. The molecule has 3 amide bonds. The van der Waals surface area contributed by atoms with Gasteiger partial charge in [-0.05, 0) is 69.3 Å². The van der Waals surface area contributed by atoms with Crippen LogP contribution in [0.4, 0.5) is 0 Å². The van der Waals surface area contributed by atoms with Gasteiger partial charge in [0, 0.05) is 45.5 Å². The summed E-state index contributed by atoms with van der Waals surface area (Å²) in [7, 11) is 2.09. The van der Waals surface area contributed by atoms with Crippen molar-refractivity contribution < 1.29 is 14.4 Å². The lowest BCUT2D eigenvalue weighted by atomic mass is 9.91. The molecule has 0 radical (unpaired) electrons. The van der Waals surface area contributed by atoms with Gasteiger partial charge in [0.1, 0.15) is 11.7 Å². The van der Waals surface area contributed by atoms with Crippen molar-refractivity contribution in [1.82, 2.24) is 35.5 Å². The van der Waals surface area contributed by atoms with Gasteiger partial charge in [-0.3, -0.25) is 19.1 Å². The number of likely N-dealkylation sites (N-methyl/N-ethyl adjacent to an activating group) is 1. The van der Waals surface area contributed by atoms with Crippen LogP contribution in [0.2, 0.25) is 0 Å². The lowest BCUT2D eigenvalue weighted by Crippen LogP contribution is -2.54. The Hall–Kier alpha value is -3.24. The summed E-state index contributed by atoms with van der Waals surface area (Å²) in [6.45, 7) is 9.16. The third-order valence-electron chi connectivity index (χ3n) is 8.87. The molecule has 0 bridgehead atoms. The fourth-order valence-corrected chi connectivity index (χ4v) is 6.18. The van der Waals surface area contributed by atoms with Gasteiger partial charge in [0.15, 0.2) is 0 Å². The summed E-state index contributed by atoms with van der Waals surface area (Å²) in [5.74, 6) is -0.123. The van der Waals surface area contributed by atoms with Crippen LogP contribution in [-0.4, -0.2) is 89.2 Å². The van der Waals surface area contributed by atoms with Gasteiger partial charge in [-0.15, -0.1) is 0 Å². The molecule has 1 aromatic carbocycles. The number of nitrogens with zero attached hydrogens (tertiary/aromatic N) is 4. The number of piperazine rings is 1. The lowest BCUT2D eigenvalue weighted by molar-refractivity contribution is -0.135. The minimum Gasteiger partial charge on any atom is -0.350 e. The van der Waals surface area contributed by atoms with Crippen molar-refractivity contribution in [2.45, 2.75) is 90.4 Å². The average Bonchev–Trinajstić information content (AvgIpc) is 3.35. The maximum Gasteiger partial charge on any atom is 0.270 e. The number of rotatable bonds is 13. The van der Waals surface area contributed by atoms with Gasteiger partial charge in [0.2, 0.25) is 11.8 Å². The van der Waals surface area contributed by atoms with Crippen LogP contribution in [0.15, 0.2) is 36.5 Å². The summed E-state index contributed by atoms with van der Waals surface area (Å²) in [6.07, 6.45) is 9.56. The molecule has 1 aliphatic heterocycles. The van der Waals surface area contributed by atoms with Crippen molar-refractivity contribution >= 4 is 17.7 Å². The minimum absolute atomic E-state index is 0.109. The van der Waals surface area contributed by atoms with Crippen molar-refractivity contribution in [2.24, 2.45) is 5.92 Å².